The smallest absolute Gasteiger partial charge is 0.191 e. The summed E-state index contributed by atoms with van der Waals surface area (Å²) in [5.74, 6) is 1.52. The normalized spacial score (nSPS) is 17.3. The van der Waals surface area contributed by atoms with Crippen molar-refractivity contribution in [3.63, 3.8) is 0 Å². The third kappa shape index (κ3) is 5.48. The number of rotatable bonds is 7. The van der Waals surface area contributed by atoms with Crippen LogP contribution in [0.5, 0.6) is 0 Å². The van der Waals surface area contributed by atoms with Crippen LogP contribution in [0.15, 0.2) is 59.7 Å². The number of para-hydroxylation sites is 1. The zero-order valence-electron chi connectivity index (χ0n) is 15.6. The molecule has 0 spiro atoms. The lowest BCUT2D eigenvalue weighted by atomic mass is 10.1. The average molecular weight is 351 g/mol. The van der Waals surface area contributed by atoms with Crippen LogP contribution in [-0.2, 0) is 6.42 Å². The Kier molecular flexibility index (Phi) is 6.88. The van der Waals surface area contributed by atoms with E-state index < -0.39 is 0 Å². The van der Waals surface area contributed by atoms with E-state index in [4.69, 9.17) is 4.99 Å². The van der Waals surface area contributed by atoms with Crippen LogP contribution >= 0.6 is 0 Å². The average Bonchev–Trinajstić information content (AvgIpc) is 3.17. The SMILES string of the molecule is CCNC(=NCC1CCN(c2ccccc2)C1)NCCc1ccccn1. The number of pyridine rings is 1. The number of nitrogens with one attached hydrogen (secondary N) is 2. The highest BCUT2D eigenvalue weighted by Gasteiger charge is 2.22. The van der Waals surface area contributed by atoms with Crippen molar-refractivity contribution in [2.24, 2.45) is 10.9 Å². The van der Waals surface area contributed by atoms with Gasteiger partial charge in [0, 0.05) is 56.7 Å². The number of hydrogen-bond donors (Lipinski definition) is 2. The maximum absolute atomic E-state index is 4.80. The summed E-state index contributed by atoms with van der Waals surface area (Å²) in [4.78, 5) is 11.6. The van der Waals surface area contributed by atoms with E-state index in [0.717, 1.165) is 50.8 Å². The Bertz CT molecular complexity index is 671. The van der Waals surface area contributed by atoms with E-state index in [1.807, 2.05) is 18.3 Å². The monoisotopic (exact) mass is 351 g/mol. The van der Waals surface area contributed by atoms with Gasteiger partial charge in [-0.05, 0) is 43.5 Å². The molecule has 0 radical (unpaired) electrons. The van der Waals surface area contributed by atoms with Crippen molar-refractivity contribution in [3.8, 4) is 0 Å². The van der Waals surface area contributed by atoms with E-state index in [-0.39, 0.29) is 0 Å². The third-order valence-corrected chi connectivity index (χ3v) is 4.66. The van der Waals surface area contributed by atoms with Gasteiger partial charge in [0.1, 0.15) is 0 Å². The first-order chi connectivity index (χ1) is 12.8. The van der Waals surface area contributed by atoms with Crippen molar-refractivity contribution < 1.29 is 0 Å². The number of aliphatic imine (C=N–C) groups is 1. The van der Waals surface area contributed by atoms with Gasteiger partial charge in [0.25, 0.3) is 0 Å². The minimum absolute atomic E-state index is 0.612. The molecule has 1 aromatic heterocycles. The number of hydrogen-bond acceptors (Lipinski definition) is 3. The Morgan fingerprint density at radius 1 is 1.15 bits per heavy atom. The lowest BCUT2D eigenvalue weighted by molar-refractivity contribution is 0.599. The van der Waals surface area contributed by atoms with Crippen molar-refractivity contribution in [3.05, 3.63) is 60.4 Å². The summed E-state index contributed by atoms with van der Waals surface area (Å²) in [5.41, 5.74) is 2.42. The van der Waals surface area contributed by atoms with Crippen LogP contribution in [0.2, 0.25) is 0 Å². The number of benzene rings is 1. The molecule has 1 saturated heterocycles. The molecule has 138 valence electrons. The Hall–Kier alpha value is -2.56. The summed E-state index contributed by atoms with van der Waals surface area (Å²) in [6.45, 7) is 6.87. The van der Waals surface area contributed by atoms with Gasteiger partial charge in [-0.25, -0.2) is 0 Å². The molecule has 1 aromatic carbocycles. The summed E-state index contributed by atoms with van der Waals surface area (Å²) in [6, 6.07) is 16.7. The van der Waals surface area contributed by atoms with Crippen LogP contribution in [0.3, 0.4) is 0 Å². The van der Waals surface area contributed by atoms with E-state index in [0.29, 0.717) is 5.92 Å². The molecule has 0 aliphatic carbocycles. The van der Waals surface area contributed by atoms with Gasteiger partial charge in [0.2, 0.25) is 0 Å². The molecular weight excluding hydrogens is 322 g/mol. The fourth-order valence-corrected chi connectivity index (χ4v) is 3.27. The summed E-state index contributed by atoms with van der Waals surface area (Å²) in [6.07, 6.45) is 3.94. The second-order valence-corrected chi connectivity index (χ2v) is 6.65. The van der Waals surface area contributed by atoms with E-state index in [9.17, 15) is 0 Å². The molecule has 1 aliphatic rings. The summed E-state index contributed by atoms with van der Waals surface area (Å²) in [5, 5.41) is 6.76. The van der Waals surface area contributed by atoms with Gasteiger partial charge >= 0.3 is 0 Å². The maximum Gasteiger partial charge on any atom is 0.191 e. The summed E-state index contributed by atoms with van der Waals surface area (Å²) >= 11 is 0. The Labute approximate surface area is 156 Å². The summed E-state index contributed by atoms with van der Waals surface area (Å²) in [7, 11) is 0. The lowest BCUT2D eigenvalue weighted by Crippen LogP contribution is -2.38. The van der Waals surface area contributed by atoms with Crippen molar-refractivity contribution in [2.45, 2.75) is 19.8 Å². The zero-order chi connectivity index (χ0) is 18.0. The maximum atomic E-state index is 4.80. The first kappa shape index (κ1) is 18.2. The van der Waals surface area contributed by atoms with Gasteiger partial charge in [0.05, 0.1) is 0 Å². The third-order valence-electron chi connectivity index (χ3n) is 4.66. The van der Waals surface area contributed by atoms with Crippen molar-refractivity contribution >= 4 is 11.6 Å². The quantitative estimate of drug-likeness (QED) is 0.595. The molecule has 2 heterocycles. The topological polar surface area (TPSA) is 52.6 Å². The molecule has 0 amide bonds. The van der Waals surface area contributed by atoms with Gasteiger partial charge in [0.15, 0.2) is 5.96 Å². The van der Waals surface area contributed by atoms with Crippen LogP contribution in [0.1, 0.15) is 19.0 Å². The standard InChI is InChI=1S/C21H29N5/c1-2-22-21(24-14-11-19-8-6-7-13-23-19)25-16-18-12-15-26(17-18)20-9-4-3-5-10-20/h3-10,13,18H,2,11-12,14-17H2,1H3,(H2,22,24,25). The highest BCUT2D eigenvalue weighted by molar-refractivity contribution is 5.79. The fourth-order valence-electron chi connectivity index (χ4n) is 3.27. The van der Waals surface area contributed by atoms with Crippen molar-refractivity contribution in [1.29, 1.82) is 0 Å². The highest BCUT2D eigenvalue weighted by atomic mass is 15.2. The van der Waals surface area contributed by atoms with E-state index in [1.54, 1.807) is 0 Å². The van der Waals surface area contributed by atoms with Crippen LogP contribution in [-0.4, -0.2) is 43.7 Å². The molecular formula is C21H29N5. The number of anilines is 1. The molecule has 0 bridgehead atoms. The number of nitrogens with zero attached hydrogens (tertiary/aromatic N) is 3. The second-order valence-electron chi connectivity index (χ2n) is 6.65. The van der Waals surface area contributed by atoms with E-state index >= 15 is 0 Å². The highest BCUT2D eigenvalue weighted by Crippen LogP contribution is 2.23. The van der Waals surface area contributed by atoms with Crippen molar-refractivity contribution in [2.75, 3.05) is 37.6 Å². The molecule has 1 unspecified atom stereocenters. The Morgan fingerprint density at radius 2 is 2.00 bits per heavy atom. The number of guanidine groups is 1. The Morgan fingerprint density at radius 3 is 2.77 bits per heavy atom. The van der Waals surface area contributed by atoms with Crippen LogP contribution in [0.25, 0.3) is 0 Å². The van der Waals surface area contributed by atoms with E-state index in [2.05, 4.69) is 63.8 Å². The molecule has 2 aromatic rings. The minimum atomic E-state index is 0.612. The fraction of sp³-hybridized carbons (Fsp3) is 0.429. The second kappa shape index (κ2) is 9.80. The van der Waals surface area contributed by atoms with Gasteiger partial charge < -0.3 is 15.5 Å². The molecule has 5 nitrogen and oxygen atoms in total. The molecule has 1 fully saturated rings. The first-order valence-corrected chi connectivity index (χ1v) is 9.57. The number of aromatic nitrogens is 1. The molecule has 0 saturated carbocycles. The molecule has 3 rings (SSSR count). The molecule has 1 aliphatic heterocycles. The predicted octanol–water partition coefficient (Wildman–Crippen LogP) is 2.71. The zero-order valence-corrected chi connectivity index (χ0v) is 15.6. The molecule has 2 N–H and O–H groups in total. The molecule has 26 heavy (non-hydrogen) atoms. The first-order valence-electron chi connectivity index (χ1n) is 9.57. The Balaban J connectivity index is 1.46. The minimum Gasteiger partial charge on any atom is -0.371 e. The lowest BCUT2D eigenvalue weighted by Gasteiger charge is -2.18. The predicted molar refractivity (Wildman–Crippen MR) is 109 cm³/mol. The van der Waals surface area contributed by atoms with Gasteiger partial charge in [-0.15, -0.1) is 0 Å². The van der Waals surface area contributed by atoms with Crippen molar-refractivity contribution in [1.82, 2.24) is 15.6 Å². The van der Waals surface area contributed by atoms with Gasteiger partial charge in [-0.1, -0.05) is 24.3 Å². The van der Waals surface area contributed by atoms with Gasteiger partial charge in [-0.3, -0.25) is 9.98 Å². The van der Waals surface area contributed by atoms with Crippen LogP contribution < -0.4 is 15.5 Å². The van der Waals surface area contributed by atoms with Gasteiger partial charge in [-0.2, -0.15) is 0 Å². The van der Waals surface area contributed by atoms with Crippen LogP contribution in [0.4, 0.5) is 5.69 Å². The molecule has 1 atom stereocenters. The molecule has 5 heteroatoms. The van der Waals surface area contributed by atoms with Crippen LogP contribution in [0, 0.1) is 5.92 Å². The largest absolute Gasteiger partial charge is 0.371 e. The van der Waals surface area contributed by atoms with E-state index in [1.165, 1.54) is 12.1 Å². The summed E-state index contributed by atoms with van der Waals surface area (Å²) < 4.78 is 0.